The van der Waals surface area contributed by atoms with Crippen molar-refractivity contribution in [3.05, 3.63) is 379 Å². The number of hydrogen-bond donors (Lipinski definition) is 0. The van der Waals surface area contributed by atoms with Crippen LogP contribution in [0.2, 0.25) is 0 Å². The van der Waals surface area contributed by atoms with Crippen molar-refractivity contribution in [1.82, 2.24) is 58.0 Å². The van der Waals surface area contributed by atoms with Crippen molar-refractivity contribution in [3.8, 4) is 120 Å². The van der Waals surface area contributed by atoms with Gasteiger partial charge in [0.25, 0.3) is 0 Å². The Hall–Kier alpha value is -14.0. The Labute approximate surface area is 860 Å². The Morgan fingerprint density at radius 1 is 0.321 bits per heavy atom. The fourth-order valence-electron chi connectivity index (χ4n) is 18.9. The third kappa shape index (κ3) is 21.0. The van der Waals surface area contributed by atoms with Crippen LogP contribution < -0.4 is 28.4 Å². The van der Waals surface area contributed by atoms with E-state index in [0.29, 0.717) is 46.3 Å². The number of hydrogen-bond acceptors (Lipinski definition) is 12. The van der Waals surface area contributed by atoms with Crippen molar-refractivity contribution < 1.29 is 91.6 Å². The molecule has 1 unspecified atom stereocenters. The molecule has 12 aromatic carbocycles. The minimum absolute atomic E-state index is 0. The van der Waals surface area contributed by atoms with Gasteiger partial charge in [-0.15, -0.1) is 107 Å². The second-order valence-electron chi connectivity index (χ2n) is 35.5. The van der Waals surface area contributed by atoms with E-state index in [2.05, 4.69) is 251 Å². The Morgan fingerprint density at radius 2 is 0.643 bits per heavy atom. The maximum absolute atomic E-state index is 6.35. The first kappa shape index (κ1) is 99.0. The smallest absolute Gasteiger partial charge is 0.509 e. The van der Waals surface area contributed by atoms with Crippen LogP contribution in [0.25, 0.3) is 133 Å². The summed E-state index contributed by atoms with van der Waals surface area (Å²) in [6.07, 6.45) is 25.4. The number of aromatic nitrogens is 12. The summed E-state index contributed by atoms with van der Waals surface area (Å²) < 4.78 is 47.3. The monoisotopic (exact) mass is 2380 g/mol. The van der Waals surface area contributed by atoms with E-state index in [1.807, 2.05) is 178 Å². The third-order valence-electron chi connectivity index (χ3n) is 25.3. The number of pyridine rings is 3. The largest absolute Gasteiger partial charge is 2.00 e. The molecule has 0 aliphatic carbocycles. The molecular weight excluding hydrogens is 2280 g/mol. The molecule has 0 saturated carbocycles. The Morgan fingerprint density at radius 3 is 0.964 bits per heavy atom. The van der Waals surface area contributed by atoms with Gasteiger partial charge in [0.15, 0.2) is 0 Å². The van der Waals surface area contributed by atoms with Gasteiger partial charge in [-0.1, -0.05) is 155 Å². The van der Waals surface area contributed by atoms with Gasteiger partial charge in [-0.25, -0.2) is 15.0 Å². The van der Waals surface area contributed by atoms with Crippen LogP contribution in [0.1, 0.15) is 123 Å². The zero-order chi connectivity index (χ0) is 94.5. The number of fused-ring (bicyclic) bond motifs is 9. The van der Waals surface area contributed by atoms with Gasteiger partial charge < -0.3 is 42.1 Å². The van der Waals surface area contributed by atoms with E-state index in [0.717, 1.165) is 147 Å². The first-order chi connectivity index (χ1) is 66.8. The normalized spacial score (nSPS) is 11.4. The van der Waals surface area contributed by atoms with Crippen molar-refractivity contribution in [3.63, 3.8) is 0 Å². The summed E-state index contributed by atoms with van der Waals surface area (Å²) in [4.78, 5) is 13.9. The van der Waals surface area contributed by atoms with E-state index >= 15 is 0 Å². The van der Waals surface area contributed by atoms with Gasteiger partial charge in [0.2, 0.25) is 0 Å². The Kier molecular flexibility index (Phi) is 31.1. The summed E-state index contributed by atoms with van der Waals surface area (Å²) in [6, 6.07) is 100. The van der Waals surface area contributed by atoms with Crippen molar-refractivity contribution in [2.24, 2.45) is 5.92 Å². The average Bonchev–Trinajstić information content (AvgIpc) is 1.53. The second-order valence-corrected chi connectivity index (χ2v) is 35.5. The van der Waals surface area contributed by atoms with Crippen LogP contribution in [0.15, 0.2) is 292 Å². The van der Waals surface area contributed by atoms with Crippen LogP contribution in [-0.2, 0) is 76.0 Å². The summed E-state index contributed by atoms with van der Waals surface area (Å²) in [5.74, 6) is 9.18. The number of unbranched alkanes of at least 4 members (excludes halogenated alkanes) is 1. The molecule has 0 fully saturated rings. The van der Waals surface area contributed by atoms with E-state index in [9.17, 15) is 0 Å². The third-order valence-corrected chi connectivity index (χ3v) is 25.3. The van der Waals surface area contributed by atoms with Gasteiger partial charge in [-0.3, -0.25) is 14.0 Å². The summed E-state index contributed by atoms with van der Waals surface area (Å²) >= 11 is 0. The van der Waals surface area contributed by atoms with E-state index in [1.165, 1.54) is 98.9 Å². The number of aryl methyl sites for hydroxylation is 8. The molecule has 0 spiro atoms. The molecule has 0 bridgehead atoms. The second kappa shape index (κ2) is 44.0. The molecule has 708 valence electrons. The standard InChI is InChI=1S/2C40H36N4O2.C39H34N4O2.3Pt/c1-26(2)13-14-29-19-27(3)40(28(4)20-29)30-24-42-43(25-30)31-9-8-10-33(21-31)46-34-15-16-36-35-11-6-7-12-37(35)44(38(36)22-34)39-23-32(45-5)17-18-41-39;1-6-10-26(2)29-19-27(3)40(28(4)20-29)30-24-42-43(25-30)31-11-9-12-33(21-31)46-34-15-16-36-35-13-7-8-14-37(35)44(38(36)22-34)39-23-32(45-5)17-18-41-39;1-5-6-10-28-19-26(2)39(27(3)20-28)29-24-41-42(25-29)30-11-9-12-32(21-30)45-33-15-16-35-34-13-7-8-14-36(34)43(37(35)22-33)38-23-31(44-4)17-18-40-38;;;/h6-12,15-20,23-26H,13-14H2,1-5H3;7-9,11-20,23-26H,6,10H2,1-5H3;7-9,11-20,23-25H,5-6,10H2,1-4H3;;;/q3*-2;3*+2. The van der Waals surface area contributed by atoms with Gasteiger partial charge in [-0.2, -0.15) is 51.7 Å². The van der Waals surface area contributed by atoms with E-state index in [-0.39, 0.29) is 63.2 Å². The number of ether oxygens (including phenoxy) is 6. The number of rotatable bonds is 27. The molecule has 9 aromatic heterocycles. The Bertz CT molecular complexity index is 7970. The number of nitrogens with zero attached hydrogens (tertiary/aromatic N) is 12. The minimum atomic E-state index is 0. The number of para-hydroxylation sites is 3. The maximum Gasteiger partial charge on any atom is 2.00 e. The molecule has 0 aliphatic heterocycles. The summed E-state index contributed by atoms with van der Waals surface area (Å²) in [5, 5.41) is 20.6. The van der Waals surface area contributed by atoms with Crippen LogP contribution in [0, 0.1) is 83.9 Å². The van der Waals surface area contributed by atoms with Crippen molar-refractivity contribution in [2.45, 2.75) is 127 Å². The molecule has 0 amide bonds. The first-order valence-electron chi connectivity index (χ1n) is 46.8. The SMILES string of the molecule is CCCC(C)c1cc(C)c(-c2cnn(-c3[c-]c(Oc4[c-]c5c(cc4)c4ccccc4n5-c4cc(OC)ccn4)ccc3)c2)c(C)c1.CCCCc1cc(C)c(-c2cnn(-c3[c-]c(Oc4[c-]c5c(cc4)c4ccccc4n5-c4cc(OC)ccn4)ccc3)c2)c(C)c1.COc1ccnc(-n2c3[c-]c(Oc4[c-]c(-n5cc(-c6c(C)cc(CCC(C)C)cc6C)cn5)ccc4)ccc3c3ccccc32)c1.[Pt+2].[Pt+2].[Pt+2]. The fourth-order valence-corrected chi connectivity index (χ4v) is 18.9. The number of benzene rings is 12. The minimum Gasteiger partial charge on any atom is -0.509 e. The molecule has 1 atom stereocenters. The molecule has 0 radical (unpaired) electrons. The molecular formula is C119H106N12O6Pt3. The van der Waals surface area contributed by atoms with Gasteiger partial charge in [0, 0.05) is 123 Å². The summed E-state index contributed by atoms with van der Waals surface area (Å²) in [7, 11) is 4.98. The molecule has 0 saturated heterocycles. The van der Waals surface area contributed by atoms with Crippen molar-refractivity contribution >= 4 is 65.4 Å². The molecule has 0 N–H and O–H groups in total. The molecule has 9 heterocycles. The summed E-state index contributed by atoms with van der Waals surface area (Å²) in [5.41, 5.74) is 26.9. The van der Waals surface area contributed by atoms with E-state index in [4.69, 9.17) is 43.7 Å². The maximum atomic E-state index is 6.35. The van der Waals surface area contributed by atoms with Crippen LogP contribution in [0.4, 0.5) is 0 Å². The molecule has 21 heteroatoms. The topological polar surface area (TPSA) is 162 Å². The van der Waals surface area contributed by atoms with Crippen molar-refractivity contribution in [1.29, 1.82) is 0 Å². The van der Waals surface area contributed by atoms with Gasteiger partial charge in [0.05, 0.1) is 39.9 Å². The zero-order valence-corrected chi connectivity index (χ0v) is 87.4. The van der Waals surface area contributed by atoms with Crippen molar-refractivity contribution in [2.75, 3.05) is 21.3 Å². The fraction of sp³-hybridized carbons (Fsp3) is 0.193. The quantitative estimate of drug-likeness (QED) is 0.0449. The molecule has 18 nitrogen and oxygen atoms in total. The molecule has 140 heavy (non-hydrogen) atoms. The van der Waals surface area contributed by atoms with Crippen LogP contribution in [0.3, 0.4) is 0 Å². The van der Waals surface area contributed by atoms with Crippen LogP contribution >= 0.6 is 0 Å². The van der Waals surface area contributed by atoms with Gasteiger partial charge in [0.1, 0.15) is 34.7 Å². The average molecular weight is 2390 g/mol. The number of methoxy groups -OCH3 is 3. The Balaban J connectivity index is 0.000000150. The van der Waals surface area contributed by atoms with Gasteiger partial charge >= 0.3 is 63.2 Å². The predicted molar refractivity (Wildman–Crippen MR) is 549 cm³/mol. The van der Waals surface area contributed by atoms with E-state index < -0.39 is 0 Å². The summed E-state index contributed by atoms with van der Waals surface area (Å²) in [6.45, 7) is 24.5. The van der Waals surface area contributed by atoms with Gasteiger partial charge in [-0.05, 0) is 222 Å². The van der Waals surface area contributed by atoms with Crippen LogP contribution in [0.5, 0.6) is 51.7 Å². The molecule has 21 rings (SSSR count). The molecule has 0 aliphatic rings. The predicted octanol–water partition coefficient (Wildman–Crippen LogP) is 29.0. The zero-order valence-electron chi connectivity index (χ0n) is 80.6. The van der Waals surface area contributed by atoms with E-state index in [1.54, 1.807) is 39.9 Å². The first-order valence-corrected chi connectivity index (χ1v) is 46.8. The molecule has 21 aromatic rings. The van der Waals surface area contributed by atoms with Crippen LogP contribution in [-0.4, -0.2) is 79.3 Å².